The van der Waals surface area contributed by atoms with Gasteiger partial charge in [0.2, 0.25) is 5.91 Å². The van der Waals surface area contributed by atoms with Gasteiger partial charge in [0.15, 0.2) is 0 Å². The molecule has 1 fully saturated rings. The Labute approximate surface area is 151 Å². The first-order valence-electron chi connectivity index (χ1n) is 8.98. The number of amides is 1. The van der Waals surface area contributed by atoms with Gasteiger partial charge in [0.25, 0.3) is 0 Å². The molecule has 3 N–H and O–H groups in total. The SMILES string of the molecule is CC(C)(C)CC(N)C(=O)NC1(C#N)CCN(Cc2ccccc2)CC1. The molecule has 1 unspecified atom stereocenters. The number of likely N-dealkylation sites (tertiary alicyclic amines) is 1. The first-order chi connectivity index (χ1) is 11.7. The fourth-order valence-corrected chi connectivity index (χ4v) is 3.28. The van der Waals surface area contributed by atoms with Gasteiger partial charge in [0.1, 0.15) is 5.54 Å². The molecule has 1 aliphatic rings. The third kappa shape index (κ3) is 5.84. The van der Waals surface area contributed by atoms with Crippen molar-refractivity contribution in [2.24, 2.45) is 11.1 Å². The topological polar surface area (TPSA) is 82.1 Å². The summed E-state index contributed by atoms with van der Waals surface area (Å²) >= 11 is 0. The summed E-state index contributed by atoms with van der Waals surface area (Å²) in [5, 5.41) is 12.6. The lowest BCUT2D eigenvalue weighted by molar-refractivity contribution is -0.124. The molecule has 2 rings (SSSR count). The molecule has 1 amide bonds. The lowest BCUT2D eigenvalue weighted by Crippen LogP contribution is -2.57. The number of hydrogen-bond donors (Lipinski definition) is 2. The van der Waals surface area contributed by atoms with Crippen molar-refractivity contribution in [1.29, 1.82) is 5.26 Å². The lowest BCUT2D eigenvalue weighted by atomic mass is 9.86. The Bertz CT molecular complexity index is 607. The van der Waals surface area contributed by atoms with Gasteiger partial charge in [-0.15, -0.1) is 0 Å². The van der Waals surface area contributed by atoms with Gasteiger partial charge >= 0.3 is 0 Å². The second-order valence-electron chi connectivity index (χ2n) is 8.32. The lowest BCUT2D eigenvalue weighted by Gasteiger charge is -2.38. The minimum absolute atomic E-state index is 0.0182. The quantitative estimate of drug-likeness (QED) is 0.861. The summed E-state index contributed by atoms with van der Waals surface area (Å²) in [6.07, 6.45) is 1.86. The van der Waals surface area contributed by atoms with Crippen molar-refractivity contribution in [3.63, 3.8) is 0 Å². The van der Waals surface area contributed by atoms with E-state index < -0.39 is 11.6 Å². The summed E-state index contributed by atoms with van der Waals surface area (Å²) in [6, 6.07) is 12.1. The number of nitrogens with one attached hydrogen (secondary N) is 1. The Morgan fingerprint density at radius 2 is 1.92 bits per heavy atom. The molecule has 1 aliphatic heterocycles. The first-order valence-corrected chi connectivity index (χ1v) is 8.98. The molecule has 1 heterocycles. The molecule has 1 aromatic rings. The van der Waals surface area contributed by atoms with Gasteiger partial charge in [0.05, 0.1) is 12.1 Å². The predicted molar refractivity (Wildman–Crippen MR) is 99.5 cm³/mol. The molecule has 136 valence electrons. The Balaban J connectivity index is 1.90. The zero-order chi connectivity index (χ0) is 18.5. The smallest absolute Gasteiger partial charge is 0.238 e. The second-order valence-corrected chi connectivity index (χ2v) is 8.32. The van der Waals surface area contributed by atoms with Gasteiger partial charge < -0.3 is 11.1 Å². The number of rotatable bonds is 5. The number of hydrogen-bond acceptors (Lipinski definition) is 4. The minimum Gasteiger partial charge on any atom is -0.336 e. The molecule has 1 atom stereocenters. The number of piperidine rings is 1. The Morgan fingerprint density at radius 1 is 1.32 bits per heavy atom. The minimum atomic E-state index is -0.792. The molecule has 0 bridgehead atoms. The second kappa shape index (κ2) is 7.99. The number of nitrogens with two attached hydrogens (primary N) is 1. The maximum atomic E-state index is 12.4. The van der Waals surface area contributed by atoms with Crippen LogP contribution >= 0.6 is 0 Å². The summed E-state index contributed by atoms with van der Waals surface area (Å²) in [7, 11) is 0. The van der Waals surface area contributed by atoms with Crippen LogP contribution in [-0.4, -0.2) is 35.5 Å². The Kier molecular flexibility index (Phi) is 6.21. The number of nitriles is 1. The molecule has 0 spiro atoms. The van der Waals surface area contributed by atoms with Crippen LogP contribution in [0.4, 0.5) is 0 Å². The van der Waals surface area contributed by atoms with Crippen LogP contribution in [0.1, 0.15) is 45.6 Å². The van der Waals surface area contributed by atoms with E-state index in [2.05, 4.69) is 49.2 Å². The van der Waals surface area contributed by atoms with E-state index in [1.165, 1.54) is 5.56 Å². The van der Waals surface area contributed by atoms with Crippen molar-refractivity contribution in [3.05, 3.63) is 35.9 Å². The average molecular weight is 342 g/mol. The molecular formula is C20H30N4O. The third-order valence-electron chi connectivity index (χ3n) is 4.70. The molecule has 1 saturated heterocycles. The predicted octanol–water partition coefficient (Wildman–Crippen LogP) is 2.42. The largest absolute Gasteiger partial charge is 0.336 e. The van der Waals surface area contributed by atoms with Crippen LogP contribution in [0.2, 0.25) is 0 Å². The standard InChI is InChI=1S/C20H30N4O/c1-19(2,3)13-17(22)18(25)23-20(15-21)9-11-24(12-10-20)14-16-7-5-4-6-8-16/h4-8,17H,9-14,22H2,1-3H3,(H,23,25). The molecule has 0 aromatic heterocycles. The highest BCUT2D eigenvalue weighted by Gasteiger charge is 2.37. The van der Waals surface area contributed by atoms with Crippen molar-refractivity contribution in [1.82, 2.24) is 10.2 Å². The monoisotopic (exact) mass is 342 g/mol. The third-order valence-corrected chi connectivity index (χ3v) is 4.70. The molecule has 5 heteroatoms. The van der Waals surface area contributed by atoms with Crippen LogP contribution in [0.15, 0.2) is 30.3 Å². The highest BCUT2D eigenvalue weighted by molar-refractivity contribution is 5.82. The molecule has 1 aromatic carbocycles. The van der Waals surface area contributed by atoms with Crippen molar-refractivity contribution in [3.8, 4) is 6.07 Å². The van der Waals surface area contributed by atoms with E-state index in [4.69, 9.17) is 5.73 Å². The maximum Gasteiger partial charge on any atom is 0.238 e. The van der Waals surface area contributed by atoms with E-state index in [0.717, 1.165) is 19.6 Å². The number of carbonyl (C=O) groups excluding carboxylic acids is 1. The highest BCUT2D eigenvalue weighted by Crippen LogP contribution is 2.24. The van der Waals surface area contributed by atoms with E-state index in [1.54, 1.807) is 0 Å². The molecule has 0 saturated carbocycles. The maximum absolute atomic E-state index is 12.4. The first kappa shape index (κ1) is 19.4. The van der Waals surface area contributed by atoms with Crippen molar-refractivity contribution >= 4 is 5.91 Å². The molecular weight excluding hydrogens is 312 g/mol. The van der Waals surface area contributed by atoms with Crippen LogP contribution < -0.4 is 11.1 Å². The van der Waals surface area contributed by atoms with E-state index >= 15 is 0 Å². The van der Waals surface area contributed by atoms with Crippen LogP contribution in [0.5, 0.6) is 0 Å². The zero-order valence-corrected chi connectivity index (χ0v) is 15.6. The Morgan fingerprint density at radius 3 is 2.44 bits per heavy atom. The Hall–Kier alpha value is -1.90. The number of carbonyl (C=O) groups is 1. The van der Waals surface area contributed by atoms with Crippen molar-refractivity contribution in [2.45, 2.75) is 58.2 Å². The van der Waals surface area contributed by atoms with Crippen LogP contribution in [0.3, 0.4) is 0 Å². The fraction of sp³-hybridized carbons (Fsp3) is 0.600. The van der Waals surface area contributed by atoms with Gasteiger partial charge in [-0.1, -0.05) is 51.1 Å². The molecule has 5 nitrogen and oxygen atoms in total. The summed E-state index contributed by atoms with van der Waals surface area (Å²) < 4.78 is 0. The molecule has 0 aliphatic carbocycles. The van der Waals surface area contributed by atoms with Gasteiger partial charge in [-0.25, -0.2) is 0 Å². The number of nitrogens with zero attached hydrogens (tertiary/aromatic N) is 2. The fourth-order valence-electron chi connectivity index (χ4n) is 3.28. The van der Waals surface area contributed by atoms with Crippen LogP contribution in [0, 0.1) is 16.7 Å². The summed E-state index contributed by atoms with van der Waals surface area (Å²) in [6.45, 7) is 8.63. The van der Waals surface area contributed by atoms with E-state index in [0.29, 0.717) is 19.3 Å². The summed E-state index contributed by atoms with van der Waals surface area (Å²) in [4.78, 5) is 14.8. The van der Waals surface area contributed by atoms with Gasteiger partial charge in [-0.3, -0.25) is 9.69 Å². The van der Waals surface area contributed by atoms with E-state index in [9.17, 15) is 10.1 Å². The van der Waals surface area contributed by atoms with Crippen molar-refractivity contribution < 1.29 is 4.79 Å². The summed E-state index contributed by atoms with van der Waals surface area (Å²) in [5.74, 6) is -0.215. The van der Waals surface area contributed by atoms with Crippen molar-refractivity contribution in [2.75, 3.05) is 13.1 Å². The average Bonchev–Trinajstić information content (AvgIpc) is 2.56. The summed E-state index contributed by atoms with van der Waals surface area (Å²) in [5.41, 5.74) is 6.49. The van der Waals surface area contributed by atoms with E-state index in [-0.39, 0.29) is 11.3 Å². The van der Waals surface area contributed by atoms with Crippen LogP contribution in [0.25, 0.3) is 0 Å². The highest BCUT2D eigenvalue weighted by atomic mass is 16.2. The van der Waals surface area contributed by atoms with E-state index in [1.807, 2.05) is 18.2 Å². The van der Waals surface area contributed by atoms with Crippen LogP contribution in [-0.2, 0) is 11.3 Å². The molecule has 25 heavy (non-hydrogen) atoms. The number of benzene rings is 1. The van der Waals surface area contributed by atoms with Gasteiger partial charge in [0, 0.05) is 19.6 Å². The van der Waals surface area contributed by atoms with Gasteiger partial charge in [-0.2, -0.15) is 5.26 Å². The normalized spacial score (nSPS) is 19.0. The van der Waals surface area contributed by atoms with Gasteiger partial charge in [-0.05, 0) is 30.2 Å². The zero-order valence-electron chi connectivity index (χ0n) is 15.6. The molecule has 0 radical (unpaired) electrons.